The quantitative estimate of drug-likeness (QED) is 0.411. The molecule has 1 N–H and O–H groups in total. The number of unbranched alkanes of at least 4 members (excludes halogenated alkanes) is 8. The van der Waals surface area contributed by atoms with E-state index in [2.05, 4.69) is 18.2 Å². The maximum atomic E-state index is 11.3. The third-order valence-electron chi connectivity index (χ3n) is 3.10. The molecular weight excluding hydrogens is 222 g/mol. The summed E-state index contributed by atoms with van der Waals surface area (Å²) in [6.07, 6.45) is 18.0. The lowest BCUT2D eigenvalue weighted by Gasteiger charge is -2.03. The van der Waals surface area contributed by atoms with Gasteiger partial charge in [0.15, 0.2) is 0 Å². The zero-order valence-corrected chi connectivity index (χ0v) is 12.0. The van der Waals surface area contributed by atoms with Gasteiger partial charge in [0.25, 0.3) is 0 Å². The summed E-state index contributed by atoms with van der Waals surface area (Å²) >= 11 is 0. The molecule has 0 aliphatic heterocycles. The van der Waals surface area contributed by atoms with Gasteiger partial charge < -0.3 is 5.32 Å². The first-order valence-corrected chi connectivity index (χ1v) is 7.51. The number of terminal acetylenes is 1. The molecule has 0 bridgehead atoms. The Morgan fingerprint density at radius 1 is 1.00 bits per heavy atom. The average molecular weight is 251 g/mol. The van der Waals surface area contributed by atoms with Crippen molar-refractivity contribution in [3.8, 4) is 12.3 Å². The van der Waals surface area contributed by atoms with Crippen LogP contribution in [0.2, 0.25) is 0 Å². The molecule has 0 saturated carbocycles. The van der Waals surface area contributed by atoms with Crippen LogP contribution in [-0.2, 0) is 4.79 Å². The Morgan fingerprint density at radius 3 is 2.11 bits per heavy atom. The molecule has 0 unspecified atom stereocenters. The van der Waals surface area contributed by atoms with Gasteiger partial charge >= 0.3 is 0 Å². The summed E-state index contributed by atoms with van der Waals surface area (Å²) in [5.41, 5.74) is 0. The Bertz CT molecular complexity index is 230. The minimum absolute atomic E-state index is 0.146. The van der Waals surface area contributed by atoms with Crippen LogP contribution in [0.3, 0.4) is 0 Å². The van der Waals surface area contributed by atoms with Crippen molar-refractivity contribution in [1.82, 2.24) is 5.32 Å². The minimum Gasteiger partial charge on any atom is -0.355 e. The summed E-state index contributed by atoms with van der Waals surface area (Å²) in [5, 5.41) is 2.83. The molecule has 18 heavy (non-hydrogen) atoms. The number of nitrogens with one attached hydrogen (secondary N) is 1. The van der Waals surface area contributed by atoms with Crippen molar-refractivity contribution in [3.05, 3.63) is 0 Å². The Morgan fingerprint density at radius 2 is 1.56 bits per heavy atom. The van der Waals surface area contributed by atoms with Crippen molar-refractivity contribution in [2.75, 3.05) is 6.54 Å². The fourth-order valence-electron chi connectivity index (χ4n) is 1.96. The molecule has 1 amide bonds. The third kappa shape index (κ3) is 13.1. The highest BCUT2D eigenvalue weighted by atomic mass is 16.1. The summed E-state index contributed by atoms with van der Waals surface area (Å²) in [5.74, 6) is 2.66. The fraction of sp³-hybridized carbons (Fsp3) is 0.812. The van der Waals surface area contributed by atoms with Crippen LogP contribution < -0.4 is 5.32 Å². The predicted molar refractivity (Wildman–Crippen MR) is 78.3 cm³/mol. The Kier molecular flexibility index (Phi) is 13.3. The summed E-state index contributed by atoms with van der Waals surface area (Å²) in [4.78, 5) is 11.3. The van der Waals surface area contributed by atoms with Gasteiger partial charge in [0.2, 0.25) is 5.91 Å². The van der Waals surface area contributed by atoms with E-state index in [1.807, 2.05) is 0 Å². The molecule has 0 aliphatic rings. The van der Waals surface area contributed by atoms with Crippen molar-refractivity contribution in [2.24, 2.45) is 0 Å². The second kappa shape index (κ2) is 14.1. The first-order chi connectivity index (χ1) is 8.81. The standard InChI is InChI=1S/C16H29NO/c1-3-5-7-8-9-10-11-12-13-14-16(18)17-15-6-4-2/h2H,3,5-15H2,1H3,(H,17,18). The van der Waals surface area contributed by atoms with Crippen LogP contribution >= 0.6 is 0 Å². The van der Waals surface area contributed by atoms with Crippen molar-refractivity contribution in [3.63, 3.8) is 0 Å². The van der Waals surface area contributed by atoms with Gasteiger partial charge in [0, 0.05) is 19.4 Å². The second-order valence-electron chi connectivity index (χ2n) is 4.88. The molecule has 2 heteroatoms. The highest BCUT2D eigenvalue weighted by Gasteiger charge is 1.99. The van der Waals surface area contributed by atoms with Crippen molar-refractivity contribution < 1.29 is 4.79 Å². The maximum Gasteiger partial charge on any atom is 0.220 e. The van der Waals surface area contributed by atoms with Crippen LogP contribution in [0.4, 0.5) is 0 Å². The average Bonchev–Trinajstić information content (AvgIpc) is 2.37. The molecule has 0 rings (SSSR count). The van der Waals surface area contributed by atoms with E-state index < -0.39 is 0 Å². The van der Waals surface area contributed by atoms with Gasteiger partial charge in [0.1, 0.15) is 0 Å². The molecule has 0 saturated heterocycles. The van der Waals surface area contributed by atoms with E-state index in [-0.39, 0.29) is 5.91 Å². The number of hydrogen-bond acceptors (Lipinski definition) is 1. The van der Waals surface area contributed by atoms with Crippen molar-refractivity contribution >= 4 is 5.91 Å². The summed E-state index contributed by atoms with van der Waals surface area (Å²) in [6, 6.07) is 0. The van der Waals surface area contributed by atoms with Gasteiger partial charge in [-0.2, -0.15) is 0 Å². The van der Waals surface area contributed by atoms with Crippen LogP contribution in [0, 0.1) is 12.3 Å². The van der Waals surface area contributed by atoms with Gasteiger partial charge in [0.05, 0.1) is 0 Å². The minimum atomic E-state index is 0.146. The lowest BCUT2D eigenvalue weighted by atomic mass is 10.1. The molecule has 0 radical (unpaired) electrons. The van der Waals surface area contributed by atoms with Gasteiger partial charge in [-0.25, -0.2) is 0 Å². The molecule has 0 spiro atoms. The number of rotatable bonds is 12. The monoisotopic (exact) mass is 251 g/mol. The second-order valence-corrected chi connectivity index (χ2v) is 4.88. The van der Waals surface area contributed by atoms with E-state index in [9.17, 15) is 4.79 Å². The van der Waals surface area contributed by atoms with Crippen LogP contribution in [-0.4, -0.2) is 12.5 Å². The Labute approximate surface area is 113 Å². The molecule has 104 valence electrons. The first-order valence-electron chi connectivity index (χ1n) is 7.51. The van der Waals surface area contributed by atoms with Crippen LogP contribution in [0.5, 0.6) is 0 Å². The molecule has 0 atom stereocenters. The number of carbonyl (C=O) groups excluding carboxylic acids is 1. The summed E-state index contributed by atoms with van der Waals surface area (Å²) < 4.78 is 0. The summed E-state index contributed by atoms with van der Waals surface area (Å²) in [6.45, 7) is 2.86. The van der Waals surface area contributed by atoms with E-state index in [0.29, 0.717) is 19.4 Å². The number of hydrogen-bond donors (Lipinski definition) is 1. The smallest absolute Gasteiger partial charge is 0.220 e. The predicted octanol–water partition coefficient (Wildman–Crippen LogP) is 4.05. The Balaban J connectivity index is 3.10. The van der Waals surface area contributed by atoms with E-state index in [0.717, 1.165) is 6.42 Å². The molecule has 0 fully saturated rings. The zero-order chi connectivity index (χ0) is 13.5. The maximum absolute atomic E-state index is 11.3. The third-order valence-corrected chi connectivity index (χ3v) is 3.10. The topological polar surface area (TPSA) is 29.1 Å². The van der Waals surface area contributed by atoms with Crippen LogP contribution in [0.1, 0.15) is 77.6 Å². The molecule has 0 aliphatic carbocycles. The molecule has 0 aromatic heterocycles. The lowest BCUT2D eigenvalue weighted by Crippen LogP contribution is -2.23. The van der Waals surface area contributed by atoms with E-state index in [1.54, 1.807) is 0 Å². The fourth-order valence-corrected chi connectivity index (χ4v) is 1.96. The number of amides is 1. The molecule has 0 aromatic carbocycles. The lowest BCUT2D eigenvalue weighted by molar-refractivity contribution is -0.121. The highest BCUT2D eigenvalue weighted by Crippen LogP contribution is 2.10. The largest absolute Gasteiger partial charge is 0.355 e. The van der Waals surface area contributed by atoms with Crippen molar-refractivity contribution in [1.29, 1.82) is 0 Å². The van der Waals surface area contributed by atoms with Crippen LogP contribution in [0.25, 0.3) is 0 Å². The zero-order valence-electron chi connectivity index (χ0n) is 12.0. The molecular formula is C16H29NO. The first kappa shape index (κ1) is 17.0. The van der Waals surface area contributed by atoms with E-state index >= 15 is 0 Å². The SMILES string of the molecule is C#CCCNC(=O)CCCCCCCCCCC. The van der Waals surface area contributed by atoms with Gasteiger partial charge in [-0.3, -0.25) is 4.79 Å². The van der Waals surface area contributed by atoms with Gasteiger partial charge in [-0.05, 0) is 6.42 Å². The molecule has 2 nitrogen and oxygen atoms in total. The van der Waals surface area contributed by atoms with Crippen molar-refractivity contribution in [2.45, 2.75) is 77.6 Å². The molecule has 0 heterocycles. The van der Waals surface area contributed by atoms with Crippen LogP contribution in [0.15, 0.2) is 0 Å². The van der Waals surface area contributed by atoms with Gasteiger partial charge in [-0.1, -0.05) is 58.3 Å². The van der Waals surface area contributed by atoms with E-state index in [1.165, 1.54) is 51.4 Å². The molecule has 0 aromatic rings. The Hall–Kier alpha value is -0.970. The van der Waals surface area contributed by atoms with Gasteiger partial charge in [-0.15, -0.1) is 12.3 Å². The van der Waals surface area contributed by atoms with E-state index in [4.69, 9.17) is 6.42 Å². The normalized spacial score (nSPS) is 10.0. The number of carbonyl (C=O) groups is 1. The summed E-state index contributed by atoms with van der Waals surface area (Å²) in [7, 11) is 0. The highest BCUT2D eigenvalue weighted by molar-refractivity contribution is 5.75.